The van der Waals surface area contributed by atoms with Crippen molar-refractivity contribution in [3.63, 3.8) is 0 Å². The number of aromatic amines is 1. The average molecular weight is 305 g/mol. The minimum Gasteiger partial charge on any atom is -0.383 e. The van der Waals surface area contributed by atoms with Crippen LogP contribution in [0.25, 0.3) is 11.1 Å². The molecule has 0 radical (unpaired) electrons. The van der Waals surface area contributed by atoms with Crippen molar-refractivity contribution >= 4 is 17.7 Å². The van der Waals surface area contributed by atoms with Crippen LogP contribution >= 0.6 is 0 Å². The molecule has 22 heavy (non-hydrogen) atoms. The number of anilines is 2. The minimum absolute atomic E-state index is 0.0195. The lowest BCUT2D eigenvalue weighted by Gasteiger charge is -2.11. The lowest BCUT2D eigenvalue weighted by Crippen LogP contribution is -2.38. The van der Waals surface area contributed by atoms with Crippen LogP contribution < -0.4 is 16.4 Å². The third-order valence-corrected chi connectivity index (χ3v) is 3.40. The maximum Gasteiger partial charge on any atom is 0.320 e. The van der Waals surface area contributed by atoms with Crippen LogP contribution in [0, 0.1) is 5.82 Å². The Hall–Kier alpha value is -2.61. The van der Waals surface area contributed by atoms with E-state index in [1.165, 1.54) is 12.1 Å². The van der Waals surface area contributed by atoms with Gasteiger partial charge in [-0.25, -0.2) is 9.18 Å². The zero-order valence-electron chi connectivity index (χ0n) is 11.7. The van der Waals surface area contributed by atoms with E-state index in [0.29, 0.717) is 24.3 Å². The molecule has 5 N–H and O–H groups in total. The topological polar surface area (TPSA) is 105 Å². The van der Waals surface area contributed by atoms with Crippen LogP contribution in [0.3, 0.4) is 0 Å². The molecular weight excluding hydrogens is 289 g/mol. The Morgan fingerprint density at radius 3 is 3.09 bits per heavy atom. The first kappa shape index (κ1) is 14.3. The predicted octanol–water partition coefficient (Wildman–Crippen LogP) is 1.71. The standard InChI is InChI=1S/C14H16FN5O2/c15-9-3-1-2-8(6-9)11-12(16)19-20-13(11)18-14(21)17-10-4-5-22-7-10/h1-3,6,10H,4-5,7H2,(H5,16,17,18,19,20,21). The number of hydrogen-bond donors (Lipinski definition) is 4. The molecule has 2 amide bonds. The zero-order chi connectivity index (χ0) is 15.5. The fraction of sp³-hybridized carbons (Fsp3) is 0.286. The molecule has 0 bridgehead atoms. The molecule has 1 saturated heterocycles. The van der Waals surface area contributed by atoms with E-state index in [0.717, 1.165) is 6.42 Å². The highest BCUT2D eigenvalue weighted by Gasteiger charge is 2.20. The van der Waals surface area contributed by atoms with E-state index in [-0.39, 0.29) is 17.7 Å². The number of rotatable bonds is 3. The summed E-state index contributed by atoms with van der Waals surface area (Å²) in [6.45, 7) is 1.13. The molecule has 2 aromatic rings. The van der Waals surface area contributed by atoms with Gasteiger partial charge in [0.15, 0.2) is 5.82 Å². The smallest absolute Gasteiger partial charge is 0.320 e. The molecule has 8 heteroatoms. The van der Waals surface area contributed by atoms with E-state index in [2.05, 4.69) is 20.8 Å². The molecule has 116 valence electrons. The van der Waals surface area contributed by atoms with Crippen LogP contribution in [0.1, 0.15) is 6.42 Å². The van der Waals surface area contributed by atoms with Crippen LogP contribution in [0.2, 0.25) is 0 Å². The Morgan fingerprint density at radius 2 is 2.36 bits per heavy atom. The van der Waals surface area contributed by atoms with E-state index in [1.807, 2.05) is 0 Å². The summed E-state index contributed by atoms with van der Waals surface area (Å²) in [6, 6.07) is 5.50. The lowest BCUT2D eigenvalue weighted by atomic mass is 10.1. The van der Waals surface area contributed by atoms with Gasteiger partial charge in [-0.05, 0) is 24.1 Å². The highest BCUT2D eigenvalue weighted by atomic mass is 19.1. The van der Waals surface area contributed by atoms with E-state index < -0.39 is 11.8 Å². The summed E-state index contributed by atoms with van der Waals surface area (Å²) in [7, 11) is 0. The van der Waals surface area contributed by atoms with Gasteiger partial charge >= 0.3 is 6.03 Å². The van der Waals surface area contributed by atoms with Crippen molar-refractivity contribution in [2.24, 2.45) is 0 Å². The molecule has 3 rings (SSSR count). The summed E-state index contributed by atoms with van der Waals surface area (Å²) in [5.74, 6) is 0.112. The van der Waals surface area contributed by atoms with Gasteiger partial charge in [-0.1, -0.05) is 12.1 Å². The number of nitrogens with zero attached hydrogens (tertiary/aromatic N) is 1. The first-order chi connectivity index (χ1) is 10.6. The number of carbonyl (C=O) groups is 1. The number of ether oxygens (including phenoxy) is 1. The van der Waals surface area contributed by atoms with Crippen molar-refractivity contribution in [1.82, 2.24) is 15.5 Å². The maximum atomic E-state index is 13.4. The summed E-state index contributed by atoms with van der Waals surface area (Å²) in [5, 5.41) is 12.0. The third-order valence-electron chi connectivity index (χ3n) is 3.40. The molecule has 1 aromatic carbocycles. The number of nitrogen functional groups attached to an aromatic ring is 1. The Balaban J connectivity index is 1.78. The molecular formula is C14H16FN5O2. The number of urea groups is 1. The van der Waals surface area contributed by atoms with Gasteiger partial charge in [-0.2, -0.15) is 5.10 Å². The predicted molar refractivity (Wildman–Crippen MR) is 79.8 cm³/mol. The number of H-pyrrole nitrogens is 1. The van der Waals surface area contributed by atoms with Crippen molar-refractivity contribution in [2.75, 3.05) is 24.3 Å². The van der Waals surface area contributed by atoms with E-state index in [4.69, 9.17) is 10.5 Å². The molecule has 7 nitrogen and oxygen atoms in total. The van der Waals surface area contributed by atoms with Crippen LogP contribution in [0.15, 0.2) is 24.3 Å². The number of benzene rings is 1. The number of amides is 2. The molecule has 1 fully saturated rings. The monoisotopic (exact) mass is 305 g/mol. The largest absolute Gasteiger partial charge is 0.383 e. The maximum absolute atomic E-state index is 13.4. The average Bonchev–Trinajstić information content (AvgIpc) is 3.09. The van der Waals surface area contributed by atoms with Crippen molar-refractivity contribution in [3.05, 3.63) is 30.1 Å². The van der Waals surface area contributed by atoms with Gasteiger partial charge in [0.25, 0.3) is 0 Å². The highest BCUT2D eigenvalue weighted by molar-refractivity contribution is 5.95. The van der Waals surface area contributed by atoms with Crippen LogP contribution in [-0.2, 0) is 4.74 Å². The second-order valence-corrected chi connectivity index (χ2v) is 5.03. The number of carbonyl (C=O) groups excluding carboxylic acids is 1. The molecule has 1 aliphatic rings. The molecule has 0 saturated carbocycles. The minimum atomic E-state index is -0.403. The Kier molecular flexibility index (Phi) is 3.92. The number of nitrogens with one attached hydrogen (secondary N) is 3. The molecule has 0 spiro atoms. The van der Waals surface area contributed by atoms with Crippen molar-refractivity contribution in [2.45, 2.75) is 12.5 Å². The number of nitrogens with two attached hydrogens (primary N) is 1. The van der Waals surface area contributed by atoms with Gasteiger partial charge in [0, 0.05) is 6.61 Å². The summed E-state index contributed by atoms with van der Waals surface area (Å²) in [6.07, 6.45) is 0.771. The first-order valence-electron chi connectivity index (χ1n) is 6.88. The zero-order valence-corrected chi connectivity index (χ0v) is 11.7. The van der Waals surface area contributed by atoms with Gasteiger partial charge in [0.2, 0.25) is 0 Å². The van der Waals surface area contributed by atoms with Gasteiger partial charge in [0.1, 0.15) is 11.6 Å². The Bertz CT molecular complexity index is 682. The first-order valence-corrected chi connectivity index (χ1v) is 6.88. The second kappa shape index (κ2) is 6.02. The molecule has 1 aliphatic heterocycles. The fourth-order valence-electron chi connectivity index (χ4n) is 2.36. The SMILES string of the molecule is Nc1[nH]nc(NC(=O)NC2CCOC2)c1-c1cccc(F)c1. The second-order valence-electron chi connectivity index (χ2n) is 5.03. The van der Waals surface area contributed by atoms with Gasteiger partial charge < -0.3 is 15.8 Å². The van der Waals surface area contributed by atoms with E-state index in [9.17, 15) is 9.18 Å². The molecule has 0 aliphatic carbocycles. The van der Waals surface area contributed by atoms with Crippen molar-refractivity contribution in [1.29, 1.82) is 0 Å². The van der Waals surface area contributed by atoms with Crippen molar-refractivity contribution in [3.8, 4) is 11.1 Å². The van der Waals surface area contributed by atoms with Gasteiger partial charge in [-0.3, -0.25) is 10.4 Å². The van der Waals surface area contributed by atoms with E-state index in [1.54, 1.807) is 12.1 Å². The summed E-state index contributed by atoms with van der Waals surface area (Å²) >= 11 is 0. The summed E-state index contributed by atoms with van der Waals surface area (Å²) in [4.78, 5) is 12.0. The number of aromatic nitrogens is 2. The number of halogens is 1. The van der Waals surface area contributed by atoms with E-state index >= 15 is 0 Å². The van der Waals surface area contributed by atoms with Gasteiger partial charge in [0.05, 0.1) is 18.2 Å². The van der Waals surface area contributed by atoms with Crippen LogP contribution in [0.4, 0.5) is 20.8 Å². The summed E-state index contributed by atoms with van der Waals surface area (Å²) < 4.78 is 18.6. The summed E-state index contributed by atoms with van der Waals surface area (Å²) in [5.41, 5.74) is 6.82. The van der Waals surface area contributed by atoms with Crippen LogP contribution in [0.5, 0.6) is 0 Å². The normalized spacial score (nSPS) is 17.4. The number of hydrogen-bond acceptors (Lipinski definition) is 4. The third kappa shape index (κ3) is 3.01. The van der Waals surface area contributed by atoms with Crippen molar-refractivity contribution < 1.29 is 13.9 Å². The fourth-order valence-corrected chi connectivity index (χ4v) is 2.36. The molecule has 1 atom stereocenters. The molecule has 2 heterocycles. The highest BCUT2D eigenvalue weighted by Crippen LogP contribution is 2.31. The quantitative estimate of drug-likeness (QED) is 0.692. The Labute approximate surface area is 126 Å². The van der Waals surface area contributed by atoms with Crippen LogP contribution in [-0.4, -0.2) is 35.5 Å². The molecule has 1 aromatic heterocycles. The lowest BCUT2D eigenvalue weighted by molar-refractivity contribution is 0.189. The van der Waals surface area contributed by atoms with Gasteiger partial charge in [-0.15, -0.1) is 0 Å². The molecule has 1 unspecified atom stereocenters. The Morgan fingerprint density at radius 1 is 1.50 bits per heavy atom.